The fourth-order valence-corrected chi connectivity index (χ4v) is 6.62. The van der Waals surface area contributed by atoms with Crippen molar-refractivity contribution in [3.63, 3.8) is 0 Å². The van der Waals surface area contributed by atoms with Gasteiger partial charge in [-0.2, -0.15) is 0 Å². The molecule has 0 aromatic heterocycles. The van der Waals surface area contributed by atoms with Crippen LogP contribution in [0.3, 0.4) is 0 Å². The van der Waals surface area contributed by atoms with E-state index in [2.05, 4.69) is 6.58 Å². The Morgan fingerprint density at radius 2 is 0.865 bits per heavy atom. The monoisotopic (exact) mass is 697 g/mol. The molecule has 1 aliphatic heterocycles. The number of carbonyl (C=O) groups excluding carboxylic acids is 1. The number of hydrogen-bond donors (Lipinski definition) is 0. The molecule has 0 N–H and O–H groups in total. The molecule has 1 aliphatic rings. The van der Waals surface area contributed by atoms with Crippen molar-refractivity contribution in [2.24, 2.45) is 0 Å². The van der Waals surface area contributed by atoms with Crippen molar-refractivity contribution in [1.29, 1.82) is 0 Å². The number of carbonyl (C=O) groups is 1. The zero-order valence-corrected chi connectivity index (χ0v) is 29.5. The number of rotatable bonds is 17. The van der Waals surface area contributed by atoms with Gasteiger partial charge in [0.1, 0.15) is 24.9 Å². The molecule has 52 heavy (non-hydrogen) atoms. The molecule has 5 aromatic rings. The molecule has 7 heteroatoms. The van der Waals surface area contributed by atoms with E-state index in [1.54, 1.807) is 4.90 Å². The molecule has 1 fully saturated rings. The molecule has 268 valence electrons. The van der Waals surface area contributed by atoms with Crippen molar-refractivity contribution in [2.75, 3.05) is 6.61 Å². The highest BCUT2D eigenvalue weighted by Gasteiger charge is 2.53. The van der Waals surface area contributed by atoms with Crippen LogP contribution < -0.4 is 0 Å². The van der Waals surface area contributed by atoms with Gasteiger partial charge in [-0.3, -0.25) is 4.90 Å². The highest BCUT2D eigenvalue weighted by atomic mass is 16.6. The van der Waals surface area contributed by atoms with E-state index in [-0.39, 0.29) is 13.2 Å². The van der Waals surface area contributed by atoms with Gasteiger partial charge in [0.25, 0.3) is 0 Å². The molecule has 1 saturated heterocycles. The normalized spacial score (nSPS) is 19.9. The van der Waals surface area contributed by atoms with Crippen LogP contribution in [0.25, 0.3) is 0 Å². The number of hydrogen-bond acceptors (Lipinski definition) is 6. The van der Waals surface area contributed by atoms with Gasteiger partial charge in [-0.25, -0.2) is 4.79 Å². The van der Waals surface area contributed by atoms with E-state index >= 15 is 0 Å². The maximum Gasteiger partial charge on any atom is 0.410 e. The molecule has 7 nitrogen and oxygen atoms in total. The maximum absolute atomic E-state index is 14.5. The van der Waals surface area contributed by atoms with Crippen molar-refractivity contribution in [1.82, 2.24) is 4.90 Å². The topological polar surface area (TPSA) is 66.5 Å². The standard InChI is InChI=1S/C45H47NO6/c1-2-18-40-42(49-30-36-21-10-4-11-22-36)44(51-32-38-25-14-6-15-26-38)43(50-31-37-23-12-5-13-24-37)41(34-48-29-35-19-8-3-9-20-35)46(40)45(47)52-33-39-27-16-7-17-28-39/h2-17,19-28,40-44H,1,18,29-34H2/t40-,41+,42+,43-,44-/m1/s1. The van der Waals surface area contributed by atoms with E-state index < -0.39 is 36.5 Å². The Morgan fingerprint density at radius 3 is 1.29 bits per heavy atom. The van der Waals surface area contributed by atoms with Gasteiger partial charge in [0.05, 0.1) is 45.1 Å². The first-order valence-electron chi connectivity index (χ1n) is 17.9. The van der Waals surface area contributed by atoms with Crippen LogP contribution in [-0.4, -0.2) is 48.0 Å². The minimum Gasteiger partial charge on any atom is -0.445 e. The average Bonchev–Trinajstić information content (AvgIpc) is 3.20. The second-order valence-corrected chi connectivity index (χ2v) is 12.9. The minimum absolute atomic E-state index is 0.119. The Kier molecular flexibility index (Phi) is 13.8. The number of amides is 1. The third-order valence-corrected chi connectivity index (χ3v) is 9.20. The van der Waals surface area contributed by atoms with Crippen molar-refractivity contribution >= 4 is 6.09 Å². The highest BCUT2D eigenvalue weighted by Crippen LogP contribution is 2.35. The van der Waals surface area contributed by atoms with Gasteiger partial charge in [0.15, 0.2) is 0 Å². The Morgan fingerprint density at radius 1 is 0.500 bits per heavy atom. The summed E-state index contributed by atoms with van der Waals surface area (Å²) in [5.74, 6) is 0. The van der Waals surface area contributed by atoms with E-state index in [9.17, 15) is 4.79 Å². The van der Waals surface area contributed by atoms with Gasteiger partial charge in [0, 0.05) is 0 Å². The predicted molar refractivity (Wildman–Crippen MR) is 202 cm³/mol. The summed E-state index contributed by atoms with van der Waals surface area (Å²) in [4.78, 5) is 16.3. The van der Waals surface area contributed by atoms with E-state index in [1.807, 2.05) is 158 Å². The molecule has 0 spiro atoms. The lowest BCUT2D eigenvalue weighted by Crippen LogP contribution is -2.70. The zero-order chi connectivity index (χ0) is 35.8. The van der Waals surface area contributed by atoms with Crippen LogP contribution in [0.2, 0.25) is 0 Å². The van der Waals surface area contributed by atoms with E-state index in [0.29, 0.717) is 32.8 Å². The van der Waals surface area contributed by atoms with E-state index in [0.717, 1.165) is 27.8 Å². The first kappa shape index (κ1) is 36.7. The molecule has 1 amide bonds. The highest BCUT2D eigenvalue weighted by molar-refractivity contribution is 5.69. The summed E-state index contributed by atoms with van der Waals surface area (Å²) in [7, 11) is 0. The Balaban J connectivity index is 1.38. The van der Waals surface area contributed by atoms with Crippen LogP contribution in [0.5, 0.6) is 0 Å². The second-order valence-electron chi connectivity index (χ2n) is 12.9. The maximum atomic E-state index is 14.5. The first-order valence-corrected chi connectivity index (χ1v) is 17.9. The van der Waals surface area contributed by atoms with Gasteiger partial charge < -0.3 is 23.7 Å². The summed E-state index contributed by atoms with van der Waals surface area (Å²) in [6, 6.07) is 48.7. The van der Waals surface area contributed by atoms with Crippen LogP contribution in [0.15, 0.2) is 164 Å². The molecule has 0 unspecified atom stereocenters. The van der Waals surface area contributed by atoms with Crippen LogP contribution in [0, 0.1) is 0 Å². The summed E-state index contributed by atoms with van der Waals surface area (Å²) in [6.45, 7) is 5.71. The van der Waals surface area contributed by atoms with Gasteiger partial charge in [-0.15, -0.1) is 6.58 Å². The lowest BCUT2D eigenvalue weighted by molar-refractivity contribution is -0.222. The summed E-state index contributed by atoms with van der Waals surface area (Å²) in [5, 5.41) is 0. The number of piperidine rings is 1. The number of likely N-dealkylation sites (tertiary alicyclic amines) is 1. The van der Waals surface area contributed by atoms with Crippen LogP contribution in [0.4, 0.5) is 4.79 Å². The molecule has 6 rings (SSSR count). The van der Waals surface area contributed by atoms with Crippen molar-refractivity contribution in [3.8, 4) is 0 Å². The first-order chi connectivity index (χ1) is 25.7. The van der Waals surface area contributed by atoms with Crippen LogP contribution in [-0.2, 0) is 56.7 Å². The largest absolute Gasteiger partial charge is 0.445 e. The summed E-state index contributed by atoms with van der Waals surface area (Å²) >= 11 is 0. The van der Waals surface area contributed by atoms with Crippen LogP contribution >= 0.6 is 0 Å². The second kappa shape index (κ2) is 19.5. The molecule has 0 saturated carbocycles. The fourth-order valence-electron chi connectivity index (χ4n) is 6.62. The fraction of sp³-hybridized carbons (Fsp3) is 0.267. The molecule has 5 aromatic carbocycles. The van der Waals surface area contributed by atoms with Crippen molar-refractivity contribution < 1.29 is 28.5 Å². The van der Waals surface area contributed by atoms with E-state index in [1.165, 1.54) is 0 Å². The zero-order valence-electron chi connectivity index (χ0n) is 29.5. The Bertz CT molecular complexity index is 1760. The van der Waals surface area contributed by atoms with Gasteiger partial charge in [-0.05, 0) is 34.2 Å². The number of ether oxygens (including phenoxy) is 5. The SMILES string of the molecule is C=CC[C@@H]1[C@H](OCc2ccccc2)[C@@H](OCc2ccccc2)[C@H](OCc2ccccc2)[C@H](COCc2ccccc2)N1C(=O)OCc1ccccc1. The summed E-state index contributed by atoms with van der Waals surface area (Å²) < 4.78 is 33.1. The Labute approximate surface area is 307 Å². The van der Waals surface area contributed by atoms with E-state index in [4.69, 9.17) is 23.7 Å². The van der Waals surface area contributed by atoms with Crippen molar-refractivity contribution in [3.05, 3.63) is 192 Å². The average molecular weight is 698 g/mol. The minimum atomic E-state index is -0.647. The quantitative estimate of drug-likeness (QED) is 0.0905. The lowest BCUT2D eigenvalue weighted by Gasteiger charge is -2.52. The smallest absolute Gasteiger partial charge is 0.410 e. The molecular formula is C45H47NO6. The van der Waals surface area contributed by atoms with Crippen molar-refractivity contribution in [2.45, 2.75) is 69.9 Å². The third kappa shape index (κ3) is 10.3. The molecule has 0 radical (unpaired) electrons. The van der Waals surface area contributed by atoms with Gasteiger partial charge in [0.2, 0.25) is 0 Å². The van der Waals surface area contributed by atoms with Gasteiger partial charge >= 0.3 is 6.09 Å². The molecule has 5 atom stereocenters. The molecule has 0 aliphatic carbocycles. The lowest BCUT2D eigenvalue weighted by atomic mass is 9.86. The summed E-state index contributed by atoms with van der Waals surface area (Å²) in [6.07, 6.45) is -0.0510. The number of nitrogens with zero attached hydrogens (tertiary/aromatic N) is 1. The predicted octanol–water partition coefficient (Wildman–Crippen LogP) is 8.93. The number of benzene rings is 5. The molecule has 0 bridgehead atoms. The van der Waals surface area contributed by atoms with Gasteiger partial charge in [-0.1, -0.05) is 158 Å². The third-order valence-electron chi connectivity index (χ3n) is 9.20. The molecule has 1 heterocycles. The Hall–Kier alpha value is -5.05. The molecular weight excluding hydrogens is 650 g/mol. The van der Waals surface area contributed by atoms with Crippen LogP contribution in [0.1, 0.15) is 34.2 Å². The summed E-state index contributed by atoms with van der Waals surface area (Å²) in [5.41, 5.74) is 4.95.